The van der Waals surface area contributed by atoms with Gasteiger partial charge in [-0.3, -0.25) is 4.90 Å². The first kappa shape index (κ1) is 13.9. The summed E-state index contributed by atoms with van der Waals surface area (Å²) < 4.78 is 5.50. The van der Waals surface area contributed by atoms with Crippen LogP contribution >= 0.6 is 0 Å². The fraction of sp³-hybridized carbons (Fsp3) is 1.00. The molecule has 16 heavy (non-hydrogen) atoms. The number of aliphatic hydroxyl groups excluding tert-OH is 1. The Morgan fingerprint density at radius 3 is 2.50 bits per heavy atom. The summed E-state index contributed by atoms with van der Waals surface area (Å²) in [7, 11) is 2.01. The Labute approximate surface area is 98.8 Å². The van der Waals surface area contributed by atoms with Crippen molar-refractivity contribution in [2.24, 2.45) is 11.7 Å². The van der Waals surface area contributed by atoms with Crippen molar-refractivity contribution in [3.05, 3.63) is 0 Å². The van der Waals surface area contributed by atoms with Crippen LogP contribution in [0.3, 0.4) is 0 Å². The van der Waals surface area contributed by atoms with Gasteiger partial charge in [0.15, 0.2) is 0 Å². The van der Waals surface area contributed by atoms with Crippen molar-refractivity contribution in [1.29, 1.82) is 0 Å². The minimum atomic E-state index is 0.0725. The predicted molar refractivity (Wildman–Crippen MR) is 65.3 cm³/mol. The standard InChI is InChI=1S/C12H26N2O2/c1-9(2)16-7-6-14(3)11(8-15)12(13)10-4-5-10/h9-12,15H,4-8,13H2,1-3H3. The first-order chi connectivity index (χ1) is 7.56. The van der Waals surface area contributed by atoms with Gasteiger partial charge in [0.1, 0.15) is 0 Å². The third-order valence-corrected chi connectivity index (χ3v) is 3.26. The van der Waals surface area contributed by atoms with E-state index < -0.39 is 0 Å². The third kappa shape index (κ3) is 4.37. The summed E-state index contributed by atoms with van der Waals surface area (Å²) >= 11 is 0. The molecule has 0 spiro atoms. The predicted octanol–water partition coefficient (Wildman–Crippen LogP) is 0.441. The minimum Gasteiger partial charge on any atom is -0.395 e. The molecule has 1 rings (SSSR count). The van der Waals surface area contributed by atoms with Crippen LogP contribution in [0.4, 0.5) is 0 Å². The summed E-state index contributed by atoms with van der Waals surface area (Å²) in [4.78, 5) is 2.12. The molecule has 2 atom stereocenters. The molecule has 1 fully saturated rings. The van der Waals surface area contributed by atoms with E-state index >= 15 is 0 Å². The van der Waals surface area contributed by atoms with E-state index in [0.717, 1.165) is 6.54 Å². The van der Waals surface area contributed by atoms with Gasteiger partial charge in [0.2, 0.25) is 0 Å². The van der Waals surface area contributed by atoms with Crippen molar-refractivity contribution in [2.75, 3.05) is 26.8 Å². The monoisotopic (exact) mass is 230 g/mol. The van der Waals surface area contributed by atoms with Crippen LogP contribution < -0.4 is 5.73 Å². The lowest BCUT2D eigenvalue weighted by Crippen LogP contribution is -2.50. The first-order valence-electron chi connectivity index (χ1n) is 6.24. The molecule has 3 N–H and O–H groups in total. The molecule has 1 saturated carbocycles. The minimum absolute atomic E-state index is 0.0725. The Hall–Kier alpha value is -0.160. The fourth-order valence-electron chi connectivity index (χ4n) is 1.95. The van der Waals surface area contributed by atoms with Gasteiger partial charge in [-0.25, -0.2) is 0 Å². The van der Waals surface area contributed by atoms with Crippen molar-refractivity contribution in [3.8, 4) is 0 Å². The number of aliphatic hydroxyl groups is 1. The van der Waals surface area contributed by atoms with E-state index in [1.54, 1.807) is 0 Å². The van der Waals surface area contributed by atoms with Crippen LogP contribution in [0.2, 0.25) is 0 Å². The van der Waals surface area contributed by atoms with Gasteiger partial charge in [-0.1, -0.05) is 0 Å². The van der Waals surface area contributed by atoms with Crippen LogP contribution in [-0.2, 0) is 4.74 Å². The number of nitrogens with zero attached hydrogens (tertiary/aromatic N) is 1. The van der Waals surface area contributed by atoms with Crippen LogP contribution in [0, 0.1) is 5.92 Å². The Kier molecular flexibility index (Phi) is 5.69. The van der Waals surface area contributed by atoms with Gasteiger partial charge in [-0.15, -0.1) is 0 Å². The first-order valence-corrected chi connectivity index (χ1v) is 6.24. The normalized spacial score (nSPS) is 20.4. The Bertz CT molecular complexity index is 195. The second-order valence-electron chi connectivity index (χ2n) is 5.06. The zero-order chi connectivity index (χ0) is 12.1. The maximum atomic E-state index is 9.39. The molecule has 0 heterocycles. The lowest BCUT2D eigenvalue weighted by molar-refractivity contribution is 0.0417. The van der Waals surface area contributed by atoms with Crippen molar-refractivity contribution < 1.29 is 9.84 Å². The Morgan fingerprint density at radius 1 is 1.44 bits per heavy atom. The second kappa shape index (κ2) is 6.55. The molecule has 1 aliphatic rings. The van der Waals surface area contributed by atoms with E-state index in [4.69, 9.17) is 10.5 Å². The average Bonchev–Trinajstić information content (AvgIpc) is 3.01. The van der Waals surface area contributed by atoms with Crippen LogP contribution in [0.15, 0.2) is 0 Å². The number of hydrogen-bond donors (Lipinski definition) is 2. The van der Waals surface area contributed by atoms with Gasteiger partial charge >= 0.3 is 0 Å². The van der Waals surface area contributed by atoms with Gasteiger partial charge < -0.3 is 15.6 Å². The van der Waals surface area contributed by atoms with E-state index in [1.807, 2.05) is 20.9 Å². The highest BCUT2D eigenvalue weighted by Gasteiger charge is 2.35. The lowest BCUT2D eigenvalue weighted by atomic mass is 10.0. The highest BCUT2D eigenvalue weighted by molar-refractivity contribution is 4.92. The molecule has 0 saturated heterocycles. The molecule has 0 bridgehead atoms. The zero-order valence-electron chi connectivity index (χ0n) is 10.7. The molecule has 0 amide bonds. The number of nitrogens with two attached hydrogens (primary N) is 1. The molecule has 0 radical (unpaired) electrons. The van der Waals surface area contributed by atoms with Gasteiger partial charge in [-0.2, -0.15) is 0 Å². The Balaban J connectivity index is 2.27. The molecule has 0 aromatic rings. The molecular formula is C12H26N2O2. The van der Waals surface area contributed by atoms with E-state index in [1.165, 1.54) is 12.8 Å². The maximum absolute atomic E-state index is 9.39. The lowest BCUT2D eigenvalue weighted by Gasteiger charge is -2.31. The molecule has 0 aromatic carbocycles. The van der Waals surface area contributed by atoms with E-state index in [-0.39, 0.29) is 24.8 Å². The van der Waals surface area contributed by atoms with Crippen LogP contribution in [0.25, 0.3) is 0 Å². The van der Waals surface area contributed by atoms with Crippen molar-refractivity contribution in [1.82, 2.24) is 4.90 Å². The van der Waals surface area contributed by atoms with Crippen molar-refractivity contribution in [2.45, 2.75) is 44.9 Å². The number of rotatable bonds is 8. The van der Waals surface area contributed by atoms with Crippen LogP contribution in [0.1, 0.15) is 26.7 Å². The summed E-state index contributed by atoms with van der Waals surface area (Å²) in [5.74, 6) is 0.616. The average molecular weight is 230 g/mol. The van der Waals surface area contributed by atoms with Gasteiger partial charge in [0.05, 0.1) is 19.3 Å². The molecular weight excluding hydrogens is 204 g/mol. The SMILES string of the molecule is CC(C)OCCN(C)C(CO)C(N)C1CC1. The van der Waals surface area contributed by atoms with Gasteiger partial charge in [-0.05, 0) is 39.7 Å². The summed E-state index contributed by atoms with van der Waals surface area (Å²) in [6, 6.07) is 0.178. The highest BCUT2D eigenvalue weighted by atomic mass is 16.5. The largest absolute Gasteiger partial charge is 0.395 e. The smallest absolute Gasteiger partial charge is 0.0601 e. The fourth-order valence-corrected chi connectivity index (χ4v) is 1.95. The van der Waals surface area contributed by atoms with Crippen LogP contribution in [-0.4, -0.2) is 55.0 Å². The van der Waals surface area contributed by atoms with Crippen molar-refractivity contribution >= 4 is 0 Å². The highest BCUT2D eigenvalue weighted by Crippen LogP contribution is 2.33. The van der Waals surface area contributed by atoms with Crippen LogP contribution in [0.5, 0.6) is 0 Å². The molecule has 4 heteroatoms. The number of likely N-dealkylation sites (N-methyl/N-ethyl adjacent to an activating group) is 1. The summed E-state index contributed by atoms with van der Waals surface area (Å²) in [6.07, 6.45) is 2.69. The third-order valence-electron chi connectivity index (χ3n) is 3.26. The van der Waals surface area contributed by atoms with Crippen molar-refractivity contribution in [3.63, 3.8) is 0 Å². The van der Waals surface area contributed by atoms with Gasteiger partial charge in [0, 0.05) is 18.6 Å². The molecule has 96 valence electrons. The summed E-state index contributed by atoms with van der Waals surface area (Å²) in [6.45, 7) is 5.71. The molecule has 0 aromatic heterocycles. The topological polar surface area (TPSA) is 58.7 Å². The maximum Gasteiger partial charge on any atom is 0.0601 e. The molecule has 0 aliphatic heterocycles. The van der Waals surface area contributed by atoms with E-state index in [2.05, 4.69) is 4.90 Å². The second-order valence-corrected chi connectivity index (χ2v) is 5.06. The quantitative estimate of drug-likeness (QED) is 0.635. The van der Waals surface area contributed by atoms with E-state index in [9.17, 15) is 5.11 Å². The molecule has 2 unspecified atom stereocenters. The summed E-state index contributed by atoms with van der Waals surface area (Å²) in [5.41, 5.74) is 6.12. The zero-order valence-corrected chi connectivity index (χ0v) is 10.7. The molecule has 4 nitrogen and oxygen atoms in total. The van der Waals surface area contributed by atoms with Gasteiger partial charge in [0.25, 0.3) is 0 Å². The van der Waals surface area contributed by atoms with E-state index in [0.29, 0.717) is 12.5 Å². The molecule has 1 aliphatic carbocycles. The number of ether oxygens (including phenoxy) is 1. The summed E-state index contributed by atoms with van der Waals surface area (Å²) in [5, 5.41) is 9.39. The Morgan fingerprint density at radius 2 is 2.06 bits per heavy atom. The number of hydrogen-bond acceptors (Lipinski definition) is 4.